The molecule has 0 aromatic heterocycles. The van der Waals surface area contributed by atoms with Crippen LogP contribution in [0.1, 0.15) is 32.1 Å². The molecule has 5 heteroatoms. The predicted molar refractivity (Wildman–Crippen MR) is 81.0 cm³/mol. The number of aliphatic hydroxyl groups excluding tert-OH is 1. The van der Waals surface area contributed by atoms with E-state index in [0.717, 1.165) is 37.8 Å². The number of hydrogen-bond donors (Lipinski definition) is 3. The summed E-state index contributed by atoms with van der Waals surface area (Å²) in [7, 11) is 0. The van der Waals surface area contributed by atoms with Crippen LogP contribution in [0.3, 0.4) is 0 Å². The molecule has 4 nitrogen and oxygen atoms in total. The first-order chi connectivity index (χ1) is 9.65. The molecule has 1 aromatic carbocycles. The fourth-order valence-electron chi connectivity index (χ4n) is 2.49. The van der Waals surface area contributed by atoms with E-state index in [1.807, 2.05) is 0 Å². The Bertz CT molecular complexity index is 436. The van der Waals surface area contributed by atoms with E-state index < -0.39 is 0 Å². The molecule has 2 rings (SSSR count). The van der Waals surface area contributed by atoms with Crippen molar-refractivity contribution in [2.24, 2.45) is 0 Å². The lowest BCUT2D eigenvalue weighted by Crippen LogP contribution is -2.42. The molecule has 0 saturated heterocycles. The van der Waals surface area contributed by atoms with Crippen LogP contribution in [0.2, 0.25) is 5.02 Å². The van der Waals surface area contributed by atoms with Crippen molar-refractivity contribution in [2.45, 2.75) is 44.2 Å². The van der Waals surface area contributed by atoms with E-state index in [4.69, 9.17) is 11.6 Å². The molecule has 0 heterocycles. The van der Waals surface area contributed by atoms with Gasteiger partial charge in [-0.3, -0.25) is 4.79 Å². The lowest BCUT2D eigenvalue weighted by atomic mass is 10.1. The summed E-state index contributed by atoms with van der Waals surface area (Å²) in [6.07, 6.45) is 4.72. The molecule has 0 spiro atoms. The second-order valence-corrected chi connectivity index (χ2v) is 5.68. The van der Waals surface area contributed by atoms with E-state index in [1.165, 1.54) is 0 Å². The highest BCUT2D eigenvalue weighted by Crippen LogP contribution is 2.18. The van der Waals surface area contributed by atoms with Crippen molar-refractivity contribution in [3.63, 3.8) is 0 Å². The molecule has 1 aliphatic rings. The molecule has 3 N–H and O–H groups in total. The Hall–Kier alpha value is -1.10. The summed E-state index contributed by atoms with van der Waals surface area (Å²) in [5.74, 6) is -0.108. The van der Waals surface area contributed by atoms with Gasteiger partial charge < -0.3 is 15.7 Å². The standard InChI is InChI=1S/C15H21ClN2O2/c16-11-6-8-12(9-7-11)18-15(20)10-17-13-4-2-1-3-5-14(13)19/h6-9,13-14,17,19H,1-5,10H2,(H,18,20). The Morgan fingerprint density at radius 3 is 2.65 bits per heavy atom. The maximum Gasteiger partial charge on any atom is 0.238 e. The Morgan fingerprint density at radius 2 is 1.90 bits per heavy atom. The number of rotatable bonds is 4. The highest BCUT2D eigenvalue weighted by molar-refractivity contribution is 6.30. The van der Waals surface area contributed by atoms with Crippen molar-refractivity contribution >= 4 is 23.2 Å². The molecule has 1 aromatic rings. The monoisotopic (exact) mass is 296 g/mol. The van der Waals surface area contributed by atoms with Crippen LogP contribution >= 0.6 is 11.6 Å². The lowest BCUT2D eigenvalue weighted by molar-refractivity contribution is -0.115. The number of benzene rings is 1. The molecule has 1 amide bonds. The first kappa shape index (κ1) is 15.3. The molecule has 2 unspecified atom stereocenters. The molecule has 1 saturated carbocycles. The van der Waals surface area contributed by atoms with E-state index in [-0.39, 0.29) is 24.6 Å². The van der Waals surface area contributed by atoms with Crippen LogP contribution in [0.4, 0.5) is 5.69 Å². The van der Waals surface area contributed by atoms with E-state index in [2.05, 4.69) is 10.6 Å². The summed E-state index contributed by atoms with van der Waals surface area (Å²) in [5, 5.41) is 16.6. The third-order valence-corrected chi connectivity index (χ3v) is 3.88. The Balaban J connectivity index is 1.78. The van der Waals surface area contributed by atoms with Crippen molar-refractivity contribution in [1.29, 1.82) is 0 Å². The maximum atomic E-state index is 11.8. The van der Waals surface area contributed by atoms with Crippen LogP contribution in [-0.4, -0.2) is 29.7 Å². The van der Waals surface area contributed by atoms with Crippen molar-refractivity contribution in [3.8, 4) is 0 Å². The van der Waals surface area contributed by atoms with Crippen molar-refractivity contribution in [3.05, 3.63) is 29.3 Å². The van der Waals surface area contributed by atoms with E-state index in [9.17, 15) is 9.90 Å². The molecular weight excluding hydrogens is 276 g/mol. The average molecular weight is 297 g/mol. The SMILES string of the molecule is O=C(CNC1CCCCCC1O)Nc1ccc(Cl)cc1. The Morgan fingerprint density at radius 1 is 1.20 bits per heavy atom. The largest absolute Gasteiger partial charge is 0.392 e. The summed E-state index contributed by atoms with van der Waals surface area (Å²) >= 11 is 5.79. The quantitative estimate of drug-likeness (QED) is 0.748. The molecule has 1 aliphatic carbocycles. The second-order valence-electron chi connectivity index (χ2n) is 5.25. The highest BCUT2D eigenvalue weighted by Gasteiger charge is 2.21. The Kier molecular flexibility index (Phi) is 5.83. The molecule has 1 fully saturated rings. The zero-order valence-corrected chi connectivity index (χ0v) is 12.2. The number of anilines is 1. The minimum absolute atomic E-state index is 0.0217. The zero-order valence-electron chi connectivity index (χ0n) is 11.4. The summed E-state index contributed by atoms with van der Waals surface area (Å²) < 4.78 is 0. The van der Waals surface area contributed by atoms with Crippen molar-refractivity contribution in [1.82, 2.24) is 5.32 Å². The summed E-state index contributed by atoms with van der Waals surface area (Å²) in [6, 6.07) is 7.02. The van der Waals surface area contributed by atoms with Gasteiger partial charge in [-0.1, -0.05) is 30.9 Å². The van der Waals surface area contributed by atoms with Crippen LogP contribution < -0.4 is 10.6 Å². The average Bonchev–Trinajstić information content (AvgIpc) is 2.64. The first-order valence-corrected chi connectivity index (χ1v) is 7.50. The summed E-state index contributed by atoms with van der Waals surface area (Å²) in [4.78, 5) is 11.8. The smallest absolute Gasteiger partial charge is 0.238 e. The van der Waals surface area contributed by atoms with E-state index >= 15 is 0 Å². The molecule has 0 radical (unpaired) electrons. The number of halogens is 1. The normalized spacial score (nSPS) is 23.1. The van der Waals surface area contributed by atoms with Gasteiger partial charge in [0, 0.05) is 16.8 Å². The fourth-order valence-corrected chi connectivity index (χ4v) is 2.61. The first-order valence-electron chi connectivity index (χ1n) is 7.12. The summed E-state index contributed by atoms with van der Waals surface area (Å²) in [6.45, 7) is 0.213. The van der Waals surface area contributed by atoms with Gasteiger partial charge in [0.15, 0.2) is 0 Å². The van der Waals surface area contributed by atoms with Gasteiger partial charge in [0.05, 0.1) is 12.6 Å². The zero-order chi connectivity index (χ0) is 14.4. The van der Waals surface area contributed by atoms with Gasteiger partial charge in [-0.25, -0.2) is 0 Å². The Labute approximate surface area is 124 Å². The molecule has 0 aliphatic heterocycles. The molecule has 2 atom stereocenters. The van der Waals surface area contributed by atoms with Gasteiger partial charge in [0.25, 0.3) is 0 Å². The van der Waals surface area contributed by atoms with Crippen LogP contribution in [0.25, 0.3) is 0 Å². The van der Waals surface area contributed by atoms with Crippen LogP contribution in [0.5, 0.6) is 0 Å². The topological polar surface area (TPSA) is 61.4 Å². The van der Waals surface area contributed by atoms with E-state index in [0.29, 0.717) is 5.02 Å². The third kappa shape index (κ3) is 4.78. The van der Waals surface area contributed by atoms with Gasteiger partial charge in [0.2, 0.25) is 5.91 Å². The van der Waals surface area contributed by atoms with Crippen LogP contribution in [0, 0.1) is 0 Å². The molecule has 110 valence electrons. The van der Waals surface area contributed by atoms with Gasteiger partial charge in [-0.2, -0.15) is 0 Å². The van der Waals surface area contributed by atoms with Crippen molar-refractivity contribution in [2.75, 3.05) is 11.9 Å². The van der Waals surface area contributed by atoms with Crippen LogP contribution in [0.15, 0.2) is 24.3 Å². The van der Waals surface area contributed by atoms with Gasteiger partial charge >= 0.3 is 0 Å². The van der Waals surface area contributed by atoms with Gasteiger partial charge in [0.1, 0.15) is 0 Å². The molecule has 0 bridgehead atoms. The number of hydrogen-bond acceptors (Lipinski definition) is 3. The number of amides is 1. The highest BCUT2D eigenvalue weighted by atomic mass is 35.5. The number of carbonyl (C=O) groups is 1. The second kappa shape index (κ2) is 7.62. The third-order valence-electron chi connectivity index (χ3n) is 3.63. The number of carbonyl (C=O) groups excluding carboxylic acids is 1. The number of nitrogens with one attached hydrogen (secondary N) is 2. The summed E-state index contributed by atoms with van der Waals surface area (Å²) in [5.41, 5.74) is 0.725. The van der Waals surface area contributed by atoms with Crippen LogP contribution in [-0.2, 0) is 4.79 Å². The minimum Gasteiger partial charge on any atom is -0.392 e. The number of aliphatic hydroxyl groups is 1. The molecule has 20 heavy (non-hydrogen) atoms. The van der Waals surface area contributed by atoms with Gasteiger partial charge in [-0.15, -0.1) is 0 Å². The predicted octanol–water partition coefficient (Wildman–Crippen LogP) is 2.56. The van der Waals surface area contributed by atoms with Crippen molar-refractivity contribution < 1.29 is 9.90 Å². The maximum absolute atomic E-state index is 11.8. The fraction of sp³-hybridized carbons (Fsp3) is 0.533. The molecular formula is C15H21ClN2O2. The minimum atomic E-state index is -0.346. The van der Waals surface area contributed by atoms with Gasteiger partial charge in [-0.05, 0) is 37.1 Å². The lowest BCUT2D eigenvalue weighted by Gasteiger charge is -2.21. The van der Waals surface area contributed by atoms with E-state index in [1.54, 1.807) is 24.3 Å².